The van der Waals surface area contributed by atoms with Crippen LogP contribution in [-0.4, -0.2) is 24.9 Å². The van der Waals surface area contributed by atoms with Gasteiger partial charge in [-0.2, -0.15) is 11.8 Å². The van der Waals surface area contributed by atoms with Crippen LogP contribution in [0.25, 0.3) is 0 Å². The first-order chi connectivity index (χ1) is 6.77. The minimum absolute atomic E-state index is 0.499. The van der Waals surface area contributed by atoms with Crippen molar-refractivity contribution in [3.05, 3.63) is 28.8 Å². The molecule has 0 atom stereocenters. The fourth-order valence-corrected chi connectivity index (χ4v) is 1.41. The van der Waals surface area contributed by atoms with Crippen LogP contribution >= 0.6 is 23.4 Å². The van der Waals surface area contributed by atoms with Gasteiger partial charge < -0.3 is 4.74 Å². The number of carbonyl (C=O) groups excluding carboxylic acids is 1. The molecule has 1 aromatic rings. The molecule has 0 amide bonds. The lowest BCUT2D eigenvalue weighted by molar-refractivity contribution is 0.112. The zero-order chi connectivity index (χ0) is 10.4. The molecule has 0 heterocycles. The van der Waals surface area contributed by atoms with Crippen LogP contribution in [0.1, 0.15) is 10.4 Å². The zero-order valence-corrected chi connectivity index (χ0v) is 9.40. The number of thioether (sulfide) groups is 1. The second-order valence-electron chi connectivity index (χ2n) is 2.64. The second kappa shape index (κ2) is 5.94. The number of halogens is 1. The van der Waals surface area contributed by atoms with Crippen molar-refractivity contribution in [2.75, 3.05) is 18.6 Å². The van der Waals surface area contributed by atoms with Crippen LogP contribution in [0.3, 0.4) is 0 Å². The van der Waals surface area contributed by atoms with Crippen molar-refractivity contribution in [3.63, 3.8) is 0 Å². The van der Waals surface area contributed by atoms with Gasteiger partial charge in [-0.25, -0.2) is 0 Å². The summed E-state index contributed by atoms with van der Waals surface area (Å²) in [4.78, 5) is 10.7. The Balaban J connectivity index is 2.70. The average molecular weight is 231 g/mol. The van der Waals surface area contributed by atoms with E-state index >= 15 is 0 Å². The lowest BCUT2D eigenvalue weighted by atomic mass is 10.2. The van der Waals surface area contributed by atoms with Crippen LogP contribution in [0, 0.1) is 0 Å². The third kappa shape index (κ3) is 3.24. The number of rotatable bonds is 5. The largest absolute Gasteiger partial charge is 0.492 e. The molecular formula is C10H11ClO2S. The molecule has 4 heteroatoms. The molecule has 0 radical (unpaired) electrons. The van der Waals surface area contributed by atoms with Gasteiger partial charge in [-0.05, 0) is 24.5 Å². The zero-order valence-electron chi connectivity index (χ0n) is 7.83. The van der Waals surface area contributed by atoms with E-state index < -0.39 is 0 Å². The molecule has 0 spiro atoms. The minimum atomic E-state index is 0.499. The van der Waals surface area contributed by atoms with Crippen molar-refractivity contribution in [2.24, 2.45) is 0 Å². The number of aldehydes is 1. The molecule has 0 aromatic heterocycles. The van der Waals surface area contributed by atoms with E-state index in [-0.39, 0.29) is 0 Å². The molecule has 0 N–H and O–H groups in total. The predicted molar refractivity (Wildman–Crippen MR) is 60.7 cm³/mol. The third-order valence-corrected chi connectivity index (χ3v) is 2.45. The van der Waals surface area contributed by atoms with Gasteiger partial charge >= 0.3 is 0 Å². The van der Waals surface area contributed by atoms with Crippen molar-refractivity contribution in [3.8, 4) is 5.75 Å². The van der Waals surface area contributed by atoms with Gasteiger partial charge in [0.05, 0.1) is 12.2 Å². The van der Waals surface area contributed by atoms with Crippen LogP contribution in [0.5, 0.6) is 5.75 Å². The average Bonchev–Trinajstić information content (AvgIpc) is 2.20. The molecule has 0 saturated carbocycles. The van der Waals surface area contributed by atoms with Crippen molar-refractivity contribution in [1.29, 1.82) is 0 Å². The smallest absolute Gasteiger partial charge is 0.153 e. The lowest BCUT2D eigenvalue weighted by Crippen LogP contribution is -2.01. The van der Waals surface area contributed by atoms with Crippen molar-refractivity contribution >= 4 is 29.6 Å². The second-order valence-corrected chi connectivity index (χ2v) is 4.06. The van der Waals surface area contributed by atoms with Gasteiger partial charge in [-0.1, -0.05) is 11.6 Å². The monoisotopic (exact) mass is 230 g/mol. The van der Waals surface area contributed by atoms with E-state index in [0.29, 0.717) is 22.9 Å². The Kier molecular flexibility index (Phi) is 4.84. The maximum Gasteiger partial charge on any atom is 0.153 e. The first kappa shape index (κ1) is 11.4. The van der Waals surface area contributed by atoms with Crippen LogP contribution in [-0.2, 0) is 0 Å². The summed E-state index contributed by atoms with van der Waals surface area (Å²) in [5, 5.41) is 0.546. The molecule has 0 unspecified atom stereocenters. The summed E-state index contributed by atoms with van der Waals surface area (Å²) in [7, 11) is 0. The Morgan fingerprint density at radius 2 is 2.36 bits per heavy atom. The highest BCUT2D eigenvalue weighted by Crippen LogP contribution is 2.21. The number of benzene rings is 1. The van der Waals surface area contributed by atoms with Crippen LogP contribution in [0.4, 0.5) is 0 Å². The highest BCUT2D eigenvalue weighted by atomic mass is 35.5. The topological polar surface area (TPSA) is 26.3 Å². The standard InChI is InChI=1S/C10H11ClO2S/c1-14-5-4-13-10-3-2-9(11)6-8(10)7-12/h2-3,6-7H,4-5H2,1H3. The van der Waals surface area contributed by atoms with E-state index in [9.17, 15) is 4.79 Å². The molecule has 14 heavy (non-hydrogen) atoms. The number of ether oxygens (including phenoxy) is 1. The Hall–Kier alpha value is -0.670. The summed E-state index contributed by atoms with van der Waals surface area (Å²) in [6.45, 7) is 0.601. The van der Waals surface area contributed by atoms with Crippen molar-refractivity contribution in [1.82, 2.24) is 0 Å². The van der Waals surface area contributed by atoms with E-state index in [1.165, 1.54) is 0 Å². The maximum absolute atomic E-state index is 10.7. The van der Waals surface area contributed by atoms with Gasteiger partial charge in [0.2, 0.25) is 0 Å². The van der Waals surface area contributed by atoms with Crippen LogP contribution in [0.15, 0.2) is 18.2 Å². The van der Waals surface area contributed by atoms with Gasteiger partial charge in [-0.15, -0.1) is 0 Å². The van der Waals surface area contributed by atoms with Crippen LogP contribution < -0.4 is 4.74 Å². The Labute approximate surface area is 92.6 Å². The van der Waals surface area contributed by atoms with E-state index in [1.54, 1.807) is 30.0 Å². The summed E-state index contributed by atoms with van der Waals surface area (Å²) in [5.41, 5.74) is 0.499. The number of hydrogen-bond donors (Lipinski definition) is 0. The van der Waals surface area contributed by atoms with Crippen molar-refractivity contribution in [2.45, 2.75) is 0 Å². The quantitative estimate of drug-likeness (QED) is 0.575. The first-order valence-corrected chi connectivity index (χ1v) is 5.91. The molecule has 0 bridgehead atoms. The Morgan fingerprint density at radius 3 is 3.00 bits per heavy atom. The van der Waals surface area contributed by atoms with Crippen molar-refractivity contribution < 1.29 is 9.53 Å². The van der Waals surface area contributed by atoms with E-state index in [1.807, 2.05) is 6.26 Å². The molecule has 0 saturated heterocycles. The number of carbonyl (C=O) groups is 1. The molecule has 0 aliphatic carbocycles. The predicted octanol–water partition coefficient (Wildman–Crippen LogP) is 2.89. The molecule has 0 aliphatic rings. The summed E-state index contributed by atoms with van der Waals surface area (Å²) < 4.78 is 5.41. The molecule has 0 fully saturated rings. The lowest BCUT2D eigenvalue weighted by Gasteiger charge is -2.07. The first-order valence-electron chi connectivity index (χ1n) is 4.14. The minimum Gasteiger partial charge on any atom is -0.492 e. The normalized spacial score (nSPS) is 9.86. The van der Waals surface area contributed by atoms with E-state index in [0.717, 1.165) is 12.0 Å². The van der Waals surface area contributed by atoms with Gasteiger partial charge in [0.1, 0.15) is 5.75 Å². The maximum atomic E-state index is 10.7. The fraction of sp³-hybridized carbons (Fsp3) is 0.300. The highest BCUT2D eigenvalue weighted by molar-refractivity contribution is 7.98. The molecule has 1 aromatic carbocycles. The SMILES string of the molecule is CSCCOc1ccc(Cl)cc1C=O. The molecule has 2 nitrogen and oxygen atoms in total. The van der Waals surface area contributed by atoms with Gasteiger partial charge in [0.15, 0.2) is 6.29 Å². The van der Waals surface area contributed by atoms with Gasteiger partial charge in [0, 0.05) is 10.8 Å². The summed E-state index contributed by atoms with van der Waals surface area (Å²) in [5.74, 6) is 1.50. The number of hydrogen-bond acceptors (Lipinski definition) is 3. The van der Waals surface area contributed by atoms with Gasteiger partial charge in [-0.3, -0.25) is 4.79 Å². The van der Waals surface area contributed by atoms with Gasteiger partial charge in [0.25, 0.3) is 0 Å². The Bertz CT molecular complexity index is 315. The summed E-state index contributed by atoms with van der Waals surface area (Å²) in [6.07, 6.45) is 2.76. The Morgan fingerprint density at radius 1 is 1.57 bits per heavy atom. The van der Waals surface area contributed by atoms with Crippen LogP contribution in [0.2, 0.25) is 5.02 Å². The molecular weight excluding hydrogens is 220 g/mol. The molecule has 0 aliphatic heterocycles. The van der Waals surface area contributed by atoms with E-state index in [4.69, 9.17) is 16.3 Å². The van der Waals surface area contributed by atoms with E-state index in [2.05, 4.69) is 0 Å². The molecule has 76 valence electrons. The highest BCUT2D eigenvalue weighted by Gasteiger charge is 2.02. The summed E-state index contributed by atoms with van der Waals surface area (Å²) in [6, 6.07) is 5.03. The molecule has 1 rings (SSSR count). The third-order valence-electron chi connectivity index (χ3n) is 1.64. The summed E-state index contributed by atoms with van der Waals surface area (Å²) >= 11 is 7.44. The fourth-order valence-electron chi connectivity index (χ4n) is 0.978.